The van der Waals surface area contributed by atoms with Crippen molar-refractivity contribution in [3.05, 3.63) is 59.7 Å². The maximum Gasteiger partial charge on any atom is 0.407 e. The largest absolute Gasteiger partial charge is 0.481 e. The van der Waals surface area contributed by atoms with Crippen LogP contribution in [0.25, 0.3) is 11.1 Å². The molecule has 0 heterocycles. The van der Waals surface area contributed by atoms with Gasteiger partial charge in [0, 0.05) is 23.9 Å². The summed E-state index contributed by atoms with van der Waals surface area (Å²) in [6.07, 6.45) is 2.78. The molecule has 0 unspecified atom stereocenters. The lowest BCUT2D eigenvalue weighted by Crippen LogP contribution is -2.44. The Hall–Kier alpha value is -3.35. The molecular weight excluding hydrogens is 432 g/mol. The molecule has 0 saturated heterocycles. The highest BCUT2D eigenvalue weighted by Gasteiger charge is 2.31. The van der Waals surface area contributed by atoms with Crippen molar-refractivity contribution in [3.8, 4) is 11.1 Å². The van der Waals surface area contributed by atoms with E-state index in [0.29, 0.717) is 32.1 Å². The molecule has 1 fully saturated rings. The van der Waals surface area contributed by atoms with Gasteiger partial charge in [-0.1, -0.05) is 55.5 Å². The van der Waals surface area contributed by atoms with E-state index in [1.807, 2.05) is 31.2 Å². The first-order valence-electron chi connectivity index (χ1n) is 12.1. The molecule has 34 heavy (non-hydrogen) atoms. The molecule has 0 spiro atoms. The summed E-state index contributed by atoms with van der Waals surface area (Å²) in [6, 6.07) is 16.1. The number of ether oxygens (including phenoxy) is 1. The van der Waals surface area contributed by atoms with E-state index in [1.165, 1.54) is 22.3 Å². The zero-order chi connectivity index (χ0) is 24.1. The topological polar surface area (TPSA) is 105 Å². The van der Waals surface area contributed by atoms with E-state index in [0.717, 1.165) is 0 Å². The Morgan fingerprint density at radius 3 is 2.12 bits per heavy atom. The SMILES string of the molecule is CC[C@H](CC(=O)O)NC(=O)C1CCC(NC(=O)OCC2c3ccccc3-c3ccccc32)CC1. The van der Waals surface area contributed by atoms with Crippen molar-refractivity contribution in [3.63, 3.8) is 0 Å². The van der Waals surface area contributed by atoms with Gasteiger partial charge in [0.05, 0.1) is 6.42 Å². The molecule has 4 rings (SSSR count). The molecule has 0 aromatic heterocycles. The zero-order valence-electron chi connectivity index (χ0n) is 19.5. The summed E-state index contributed by atoms with van der Waals surface area (Å²) in [4.78, 5) is 36.0. The Morgan fingerprint density at radius 1 is 0.971 bits per heavy atom. The highest BCUT2D eigenvalue weighted by molar-refractivity contribution is 5.80. The van der Waals surface area contributed by atoms with Crippen LogP contribution in [-0.2, 0) is 14.3 Å². The first-order valence-corrected chi connectivity index (χ1v) is 12.1. The Labute approximate surface area is 199 Å². The average Bonchev–Trinajstić information content (AvgIpc) is 3.16. The highest BCUT2D eigenvalue weighted by atomic mass is 16.5. The van der Waals surface area contributed by atoms with Crippen LogP contribution in [0, 0.1) is 5.92 Å². The molecule has 1 atom stereocenters. The summed E-state index contributed by atoms with van der Waals surface area (Å²) in [6.45, 7) is 2.14. The van der Waals surface area contributed by atoms with Gasteiger partial charge in [0.2, 0.25) is 5.91 Å². The molecule has 3 N–H and O–H groups in total. The van der Waals surface area contributed by atoms with Crippen LogP contribution in [0.1, 0.15) is 62.5 Å². The van der Waals surface area contributed by atoms with E-state index < -0.39 is 12.1 Å². The molecule has 180 valence electrons. The summed E-state index contributed by atoms with van der Waals surface area (Å²) in [7, 11) is 0. The van der Waals surface area contributed by atoms with Gasteiger partial charge in [-0.15, -0.1) is 0 Å². The van der Waals surface area contributed by atoms with Crippen molar-refractivity contribution in [1.29, 1.82) is 0 Å². The minimum atomic E-state index is -0.914. The molecule has 2 aromatic rings. The third-order valence-electron chi connectivity index (χ3n) is 7.02. The van der Waals surface area contributed by atoms with Gasteiger partial charge in [-0.3, -0.25) is 9.59 Å². The van der Waals surface area contributed by atoms with Crippen LogP contribution in [0.5, 0.6) is 0 Å². The van der Waals surface area contributed by atoms with Crippen LogP contribution >= 0.6 is 0 Å². The Kier molecular flexibility index (Phi) is 7.50. The van der Waals surface area contributed by atoms with Gasteiger partial charge in [0.1, 0.15) is 6.61 Å². The molecule has 2 aliphatic rings. The second-order valence-electron chi connectivity index (χ2n) is 9.23. The second-order valence-corrected chi connectivity index (χ2v) is 9.23. The van der Waals surface area contributed by atoms with Crippen molar-refractivity contribution in [2.75, 3.05) is 6.61 Å². The number of amides is 2. The zero-order valence-corrected chi connectivity index (χ0v) is 19.5. The third-order valence-corrected chi connectivity index (χ3v) is 7.02. The predicted octanol–water partition coefficient (Wildman–Crippen LogP) is 4.45. The lowest BCUT2D eigenvalue weighted by Gasteiger charge is -2.29. The molecule has 7 nitrogen and oxygen atoms in total. The van der Waals surface area contributed by atoms with Gasteiger partial charge in [0.25, 0.3) is 0 Å². The first-order chi connectivity index (χ1) is 16.5. The van der Waals surface area contributed by atoms with Gasteiger partial charge < -0.3 is 20.5 Å². The summed E-state index contributed by atoms with van der Waals surface area (Å²) in [5.41, 5.74) is 4.74. The number of nitrogens with one attached hydrogen (secondary N) is 2. The standard InChI is InChI=1S/C27H32N2O5/c1-2-18(15-25(30)31)28-26(32)17-11-13-19(14-12-17)29-27(33)34-16-24-22-9-5-3-7-20(22)21-8-4-6-10-23(21)24/h3-10,17-19,24H,2,11-16H2,1H3,(H,28,32)(H,29,33)(H,30,31)/t17?,18-,19?/m1/s1. The van der Waals surface area contributed by atoms with Crippen LogP contribution in [0.3, 0.4) is 0 Å². The molecule has 7 heteroatoms. The van der Waals surface area contributed by atoms with Crippen molar-refractivity contribution in [2.45, 2.75) is 63.5 Å². The van der Waals surface area contributed by atoms with Gasteiger partial charge in [0.15, 0.2) is 0 Å². The van der Waals surface area contributed by atoms with Gasteiger partial charge >= 0.3 is 12.1 Å². The number of alkyl carbamates (subject to hydrolysis) is 1. The average molecular weight is 465 g/mol. The van der Waals surface area contributed by atoms with Crippen LogP contribution in [0.4, 0.5) is 4.79 Å². The van der Waals surface area contributed by atoms with Crippen molar-refractivity contribution >= 4 is 18.0 Å². The number of hydrogen-bond acceptors (Lipinski definition) is 4. The van der Waals surface area contributed by atoms with E-state index in [4.69, 9.17) is 9.84 Å². The smallest absolute Gasteiger partial charge is 0.407 e. The molecule has 1 saturated carbocycles. The summed E-state index contributed by atoms with van der Waals surface area (Å²) in [5, 5.41) is 14.8. The Balaban J connectivity index is 1.25. The molecular formula is C27H32N2O5. The molecule has 2 aromatic carbocycles. The minimum absolute atomic E-state index is 0.0231. The monoisotopic (exact) mass is 464 g/mol. The van der Waals surface area contributed by atoms with Gasteiger partial charge in [-0.05, 0) is 54.4 Å². The van der Waals surface area contributed by atoms with Crippen LogP contribution in [0.2, 0.25) is 0 Å². The Bertz CT molecular complexity index is 999. The number of fused-ring (bicyclic) bond motifs is 3. The van der Waals surface area contributed by atoms with Crippen LogP contribution in [-0.4, -0.2) is 41.8 Å². The Morgan fingerprint density at radius 2 is 1.56 bits per heavy atom. The van der Waals surface area contributed by atoms with E-state index in [-0.39, 0.29) is 42.9 Å². The highest BCUT2D eigenvalue weighted by Crippen LogP contribution is 2.44. The quantitative estimate of drug-likeness (QED) is 0.535. The number of carboxylic acid groups (broad SMARTS) is 1. The molecule has 0 bridgehead atoms. The van der Waals surface area contributed by atoms with E-state index >= 15 is 0 Å². The summed E-state index contributed by atoms with van der Waals surface area (Å²) >= 11 is 0. The number of carbonyl (C=O) groups is 3. The molecule has 0 aliphatic heterocycles. The number of hydrogen-bond donors (Lipinski definition) is 3. The summed E-state index contributed by atoms with van der Waals surface area (Å²) in [5.74, 6) is -1.13. The number of benzene rings is 2. The van der Waals surface area contributed by atoms with Crippen LogP contribution in [0.15, 0.2) is 48.5 Å². The normalized spacial score (nSPS) is 20.0. The number of carbonyl (C=O) groups excluding carboxylic acids is 2. The number of rotatable bonds is 8. The fraction of sp³-hybridized carbons (Fsp3) is 0.444. The first kappa shape index (κ1) is 23.8. The lowest BCUT2D eigenvalue weighted by atomic mass is 9.85. The molecule has 2 amide bonds. The molecule has 2 aliphatic carbocycles. The minimum Gasteiger partial charge on any atom is -0.481 e. The van der Waals surface area contributed by atoms with Crippen molar-refractivity contribution < 1.29 is 24.2 Å². The van der Waals surface area contributed by atoms with E-state index in [2.05, 4.69) is 34.9 Å². The van der Waals surface area contributed by atoms with Gasteiger partial charge in [-0.25, -0.2) is 4.79 Å². The molecule has 0 radical (unpaired) electrons. The van der Waals surface area contributed by atoms with E-state index in [1.54, 1.807) is 0 Å². The van der Waals surface area contributed by atoms with Crippen LogP contribution < -0.4 is 10.6 Å². The van der Waals surface area contributed by atoms with Gasteiger partial charge in [-0.2, -0.15) is 0 Å². The summed E-state index contributed by atoms with van der Waals surface area (Å²) < 4.78 is 5.64. The predicted molar refractivity (Wildman–Crippen MR) is 128 cm³/mol. The second kappa shape index (κ2) is 10.7. The van der Waals surface area contributed by atoms with Crippen molar-refractivity contribution in [2.24, 2.45) is 5.92 Å². The maximum absolute atomic E-state index is 12.5. The van der Waals surface area contributed by atoms with E-state index in [9.17, 15) is 14.4 Å². The maximum atomic E-state index is 12.5. The number of aliphatic carboxylic acids is 1. The lowest BCUT2D eigenvalue weighted by molar-refractivity contribution is -0.138. The fourth-order valence-corrected chi connectivity index (χ4v) is 5.13. The van der Waals surface area contributed by atoms with Crippen molar-refractivity contribution in [1.82, 2.24) is 10.6 Å². The third kappa shape index (κ3) is 5.41. The fourth-order valence-electron chi connectivity index (χ4n) is 5.13. The number of carboxylic acids is 1.